The number of hydrogen-bond donors (Lipinski definition) is 0. The molecule has 1 saturated carbocycles. The van der Waals surface area contributed by atoms with E-state index >= 15 is 0 Å². The Kier molecular flexibility index (Phi) is 3.57. The largest absolute Gasteiger partial charge is 0.347 e. The smallest absolute Gasteiger partial charge is 0.171 e. The number of hydrogen-bond acceptors (Lipinski definition) is 2. The molecule has 2 aliphatic rings. The standard InChI is InChI=1S/C15H28O2/c1-11-6-7-14(4,5)8-9-15(11)16-12(2)10-13(3)17-15/h11-13H,6-10H2,1-5H3/t11?,12-,13-/m1/s1. The van der Waals surface area contributed by atoms with Gasteiger partial charge in [-0.05, 0) is 44.9 Å². The van der Waals surface area contributed by atoms with Crippen LogP contribution in [-0.4, -0.2) is 18.0 Å². The van der Waals surface area contributed by atoms with Crippen molar-refractivity contribution in [1.29, 1.82) is 0 Å². The third-order valence-electron chi connectivity index (χ3n) is 4.62. The Bertz CT molecular complexity index is 262. The van der Waals surface area contributed by atoms with Crippen LogP contribution in [0.3, 0.4) is 0 Å². The van der Waals surface area contributed by atoms with Crippen LogP contribution < -0.4 is 0 Å². The highest BCUT2D eigenvalue weighted by Crippen LogP contribution is 2.46. The zero-order chi connectivity index (χ0) is 12.7. The average molecular weight is 240 g/mol. The molecule has 100 valence electrons. The molecular formula is C15H28O2. The van der Waals surface area contributed by atoms with E-state index < -0.39 is 0 Å². The highest BCUT2D eigenvalue weighted by atomic mass is 16.7. The van der Waals surface area contributed by atoms with Gasteiger partial charge in [-0.3, -0.25) is 0 Å². The summed E-state index contributed by atoms with van der Waals surface area (Å²) in [6.07, 6.45) is 6.45. The zero-order valence-corrected chi connectivity index (χ0v) is 12.1. The molecule has 0 radical (unpaired) electrons. The maximum absolute atomic E-state index is 6.25. The van der Waals surface area contributed by atoms with E-state index in [1.807, 2.05) is 0 Å². The summed E-state index contributed by atoms with van der Waals surface area (Å²) in [6, 6.07) is 0. The van der Waals surface area contributed by atoms with Crippen LogP contribution in [-0.2, 0) is 9.47 Å². The van der Waals surface area contributed by atoms with Gasteiger partial charge in [0.25, 0.3) is 0 Å². The van der Waals surface area contributed by atoms with Crippen LogP contribution in [0.25, 0.3) is 0 Å². The van der Waals surface area contributed by atoms with Gasteiger partial charge in [-0.2, -0.15) is 0 Å². The molecule has 0 bridgehead atoms. The van der Waals surface area contributed by atoms with Crippen molar-refractivity contribution in [2.75, 3.05) is 0 Å². The van der Waals surface area contributed by atoms with Crippen LogP contribution in [0, 0.1) is 11.3 Å². The quantitative estimate of drug-likeness (QED) is 0.633. The fourth-order valence-corrected chi connectivity index (χ4v) is 3.33. The van der Waals surface area contributed by atoms with E-state index in [4.69, 9.17) is 9.47 Å². The zero-order valence-electron chi connectivity index (χ0n) is 12.1. The second-order valence-corrected chi connectivity index (χ2v) is 7.01. The van der Waals surface area contributed by atoms with Gasteiger partial charge in [0.1, 0.15) is 0 Å². The van der Waals surface area contributed by atoms with Gasteiger partial charge in [-0.1, -0.05) is 20.8 Å². The normalized spacial score (nSPS) is 46.8. The predicted molar refractivity (Wildman–Crippen MR) is 69.9 cm³/mol. The van der Waals surface area contributed by atoms with Gasteiger partial charge in [0.2, 0.25) is 0 Å². The topological polar surface area (TPSA) is 18.5 Å². The predicted octanol–water partition coefficient (Wildman–Crippen LogP) is 4.13. The van der Waals surface area contributed by atoms with Gasteiger partial charge in [0.05, 0.1) is 12.2 Å². The van der Waals surface area contributed by atoms with Gasteiger partial charge < -0.3 is 9.47 Å². The summed E-state index contributed by atoms with van der Waals surface area (Å²) in [4.78, 5) is 0. The lowest BCUT2D eigenvalue weighted by molar-refractivity contribution is -0.335. The number of rotatable bonds is 0. The Morgan fingerprint density at radius 2 is 1.47 bits per heavy atom. The van der Waals surface area contributed by atoms with Crippen molar-refractivity contribution in [2.45, 2.75) is 84.7 Å². The molecule has 2 heteroatoms. The molecule has 1 aliphatic carbocycles. The van der Waals surface area contributed by atoms with Gasteiger partial charge >= 0.3 is 0 Å². The molecule has 0 aromatic heterocycles. The Labute approximate surface area is 106 Å². The van der Waals surface area contributed by atoms with Crippen molar-refractivity contribution in [3.63, 3.8) is 0 Å². The first kappa shape index (κ1) is 13.4. The molecule has 1 unspecified atom stereocenters. The second-order valence-electron chi connectivity index (χ2n) is 7.01. The molecule has 1 spiro atoms. The summed E-state index contributed by atoms with van der Waals surface area (Å²) < 4.78 is 12.5. The highest BCUT2D eigenvalue weighted by Gasteiger charge is 2.47. The van der Waals surface area contributed by atoms with E-state index in [2.05, 4.69) is 34.6 Å². The molecule has 0 aromatic rings. The molecule has 1 saturated heterocycles. The fourth-order valence-electron chi connectivity index (χ4n) is 3.33. The molecule has 2 rings (SSSR count). The minimum atomic E-state index is -0.301. The van der Waals surface area contributed by atoms with Crippen molar-refractivity contribution >= 4 is 0 Å². The van der Waals surface area contributed by atoms with Crippen molar-refractivity contribution in [3.05, 3.63) is 0 Å². The SMILES string of the molecule is CC1CCC(C)(C)CCC12O[C@H](C)C[C@@H](C)O2. The van der Waals surface area contributed by atoms with E-state index in [0.717, 1.165) is 12.8 Å². The van der Waals surface area contributed by atoms with Crippen molar-refractivity contribution < 1.29 is 9.47 Å². The summed E-state index contributed by atoms with van der Waals surface area (Å²) in [6.45, 7) is 11.4. The third-order valence-corrected chi connectivity index (χ3v) is 4.62. The summed E-state index contributed by atoms with van der Waals surface area (Å²) >= 11 is 0. The molecule has 3 atom stereocenters. The van der Waals surface area contributed by atoms with E-state index in [0.29, 0.717) is 23.5 Å². The summed E-state index contributed by atoms with van der Waals surface area (Å²) in [5.74, 6) is 0.208. The lowest BCUT2D eigenvalue weighted by Gasteiger charge is -2.46. The molecule has 2 fully saturated rings. The molecule has 17 heavy (non-hydrogen) atoms. The summed E-state index contributed by atoms with van der Waals surface area (Å²) in [7, 11) is 0. The maximum atomic E-state index is 6.25. The lowest BCUT2D eigenvalue weighted by Crippen LogP contribution is -2.50. The van der Waals surface area contributed by atoms with Gasteiger partial charge in [0, 0.05) is 12.3 Å². The molecule has 0 amide bonds. The van der Waals surface area contributed by atoms with Crippen molar-refractivity contribution in [2.24, 2.45) is 11.3 Å². The van der Waals surface area contributed by atoms with Crippen LogP contribution in [0.4, 0.5) is 0 Å². The van der Waals surface area contributed by atoms with Crippen LogP contribution in [0.1, 0.15) is 66.7 Å². The maximum Gasteiger partial charge on any atom is 0.171 e. The average Bonchev–Trinajstić information content (AvgIpc) is 2.30. The molecule has 2 nitrogen and oxygen atoms in total. The Balaban J connectivity index is 2.16. The van der Waals surface area contributed by atoms with Crippen LogP contribution in [0.2, 0.25) is 0 Å². The monoisotopic (exact) mass is 240 g/mol. The number of ether oxygens (including phenoxy) is 2. The van der Waals surface area contributed by atoms with Crippen molar-refractivity contribution in [3.8, 4) is 0 Å². The van der Waals surface area contributed by atoms with Gasteiger partial charge in [0.15, 0.2) is 5.79 Å². The molecule has 1 heterocycles. The van der Waals surface area contributed by atoms with E-state index in [1.54, 1.807) is 0 Å². The van der Waals surface area contributed by atoms with Crippen LogP contribution >= 0.6 is 0 Å². The minimum absolute atomic E-state index is 0.301. The van der Waals surface area contributed by atoms with E-state index in [9.17, 15) is 0 Å². The minimum Gasteiger partial charge on any atom is -0.347 e. The fraction of sp³-hybridized carbons (Fsp3) is 1.00. The van der Waals surface area contributed by atoms with Crippen LogP contribution in [0.15, 0.2) is 0 Å². The molecule has 0 N–H and O–H groups in total. The first-order chi connectivity index (χ1) is 7.83. The van der Waals surface area contributed by atoms with Gasteiger partial charge in [-0.15, -0.1) is 0 Å². The highest BCUT2D eigenvalue weighted by molar-refractivity contribution is 4.89. The van der Waals surface area contributed by atoms with Gasteiger partial charge in [-0.25, -0.2) is 0 Å². The Morgan fingerprint density at radius 1 is 0.882 bits per heavy atom. The molecule has 0 aromatic carbocycles. The first-order valence-corrected chi connectivity index (χ1v) is 7.19. The molecule has 1 aliphatic heterocycles. The first-order valence-electron chi connectivity index (χ1n) is 7.19. The van der Waals surface area contributed by atoms with Crippen LogP contribution in [0.5, 0.6) is 0 Å². The van der Waals surface area contributed by atoms with E-state index in [1.165, 1.54) is 19.3 Å². The summed E-state index contributed by atoms with van der Waals surface area (Å²) in [5, 5.41) is 0. The second kappa shape index (κ2) is 4.55. The summed E-state index contributed by atoms with van der Waals surface area (Å²) in [5.41, 5.74) is 0.439. The van der Waals surface area contributed by atoms with Crippen molar-refractivity contribution in [1.82, 2.24) is 0 Å². The Hall–Kier alpha value is -0.0800. The third kappa shape index (κ3) is 2.85. The molecular weight excluding hydrogens is 212 g/mol. The Morgan fingerprint density at radius 3 is 2.06 bits per heavy atom. The van der Waals surface area contributed by atoms with E-state index in [-0.39, 0.29) is 5.79 Å². The lowest BCUT2D eigenvalue weighted by atomic mass is 9.85.